The molecule has 6 N–H and O–H groups in total. The third-order valence-electron chi connectivity index (χ3n) is 2.62. The van der Waals surface area contributed by atoms with Gasteiger partial charge in [0.1, 0.15) is 18.1 Å². The van der Waals surface area contributed by atoms with Gasteiger partial charge < -0.3 is 31.3 Å². The van der Waals surface area contributed by atoms with Crippen LogP contribution in [0.4, 0.5) is 0 Å². The van der Waals surface area contributed by atoms with E-state index in [-0.39, 0.29) is 11.7 Å². The van der Waals surface area contributed by atoms with Gasteiger partial charge in [-0.25, -0.2) is 4.79 Å². The summed E-state index contributed by atoms with van der Waals surface area (Å²) in [5.74, 6) is -2.36. The molecular weight excluding hydrogens is 418 g/mol. The molecule has 10 nitrogen and oxygen atoms in total. The summed E-state index contributed by atoms with van der Waals surface area (Å²) < 4.78 is 0. The predicted molar refractivity (Wildman–Crippen MR) is 112 cm³/mol. The van der Waals surface area contributed by atoms with Gasteiger partial charge in [0.05, 0.1) is 0 Å². The smallest absolute Gasteiger partial charge is 0.327 e. The molecule has 0 aromatic carbocycles. The van der Waals surface area contributed by atoms with Gasteiger partial charge in [-0.05, 0) is 13.6 Å². The number of likely N-dealkylation sites (N-methyl/N-ethyl adjacent to an activating group) is 2. The Balaban J connectivity index is -0.000000322. The first-order valence-electron chi connectivity index (χ1n) is 7.70. The van der Waals surface area contributed by atoms with E-state index in [1.54, 1.807) is 7.05 Å². The number of aliphatic carboxylic acids is 3. The van der Waals surface area contributed by atoms with E-state index in [1.165, 1.54) is 6.92 Å². The standard InChI is InChI=1S/C5H9NO3S.C5H11NO2S.C4H9NO2S/c1-3(7)6-4(2-10)5(8)9;1-2-6-4(3-9)5(7)8;1-5-3(2-8)4(6)7/h4,10H,2H2,1H3,(H,6,7)(H,8,9);4,6,9H,2-3H2,1H3,(H,7,8);3,5,8H,2H2,1H3,(H,6,7). The Morgan fingerprint density at radius 3 is 1.26 bits per heavy atom. The third kappa shape index (κ3) is 19.4. The van der Waals surface area contributed by atoms with E-state index in [1.807, 2.05) is 6.92 Å². The molecule has 160 valence electrons. The highest BCUT2D eigenvalue weighted by atomic mass is 32.1. The van der Waals surface area contributed by atoms with Gasteiger partial charge in [0.15, 0.2) is 0 Å². The minimum atomic E-state index is -1.06. The molecule has 0 aliphatic carbocycles. The first kappa shape index (κ1) is 30.6. The molecule has 3 unspecified atom stereocenters. The molecule has 0 aromatic heterocycles. The second-order valence-electron chi connectivity index (χ2n) is 4.77. The summed E-state index contributed by atoms with van der Waals surface area (Å²) in [6.45, 7) is 3.79. The quantitative estimate of drug-likeness (QED) is 0.192. The normalized spacial score (nSPS) is 12.8. The number of rotatable bonds is 10. The van der Waals surface area contributed by atoms with Crippen LogP contribution in [0.2, 0.25) is 0 Å². The van der Waals surface area contributed by atoms with E-state index in [9.17, 15) is 19.2 Å². The number of amides is 1. The topological polar surface area (TPSA) is 165 Å². The Bertz CT molecular complexity index is 452. The van der Waals surface area contributed by atoms with E-state index in [0.717, 1.165) is 0 Å². The van der Waals surface area contributed by atoms with Gasteiger partial charge in [0, 0.05) is 24.2 Å². The van der Waals surface area contributed by atoms with Crippen molar-refractivity contribution >= 4 is 61.7 Å². The molecular formula is C14H29N3O7S3. The number of carboxylic acid groups (broad SMARTS) is 3. The minimum Gasteiger partial charge on any atom is -0.480 e. The maximum atomic E-state index is 10.3. The molecule has 1 amide bonds. The van der Waals surface area contributed by atoms with Crippen LogP contribution in [0.25, 0.3) is 0 Å². The van der Waals surface area contributed by atoms with Crippen LogP contribution in [0.15, 0.2) is 0 Å². The van der Waals surface area contributed by atoms with Gasteiger partial charge in [0.25, 0.3) is 0 Å². The van der Waals surface area contributed by atoms with Crippen LogP contribution in [0.3, 0.4) is 0 Å². The number of nitrogens with one attached hydrogen (secondary N) is 3. The molecule has 0 fully saturated rings. The zero-order valence-corrected chi connectivity index (χ0v) is 18.1. The molecule has 0 radical (unpaired) electrons. The second kappa shape index (κ2) is 19.6. The van der Waals surface area contributed by atoms with Crippen LogP contribution in [-0.2, 0) is 19.2 Å². The van der Waals surface area contributed by atoms with E-state index in [2.05, 4.69) is 53.8 Å². The number of thiol groups is 3. The van der Waals surface area contributed by atoms with Gasteiger partial charge in [-0.1, -0.05) is 6.92 Å². The largest absolute Gasteiger partial charge is 0.480 e. The lowest BCUT2D eigenvalue weighted by Gasteiger charge is -2.08. The molecule has 3 atom stereocenters. The summed E-state index contributed by atoms with van der Waals surface area (Å²) in [6.07, 6.45) is 0. The summed E-state index contributed by atoms with van der Waals surface area (Å²) in [5.41, 5.74) is 0. The molecule has 0 rings (SSSR count). The van der Waals surface area contributed by atoms with Crippen molar-refractivity contribution in [2.24, 2.45) is 0 Å². The Morgan fingerprint density at radius 2 is 1.19 bits per heavy atom. The lowest BCUT2D eigenvalue weighted by Crippen LogP contribution is -2.40. The highest BCUT2D eigenvalue weighted by Crippen LogP contribution is 1.87. The van der Waals surface area contributed by atoms with Crippen molar-refractivity contribution in [1.29, 1.82) is 0 Å². The van der Waals surface area contributed by atoms with Crippen LogP contribution in [0, 0.1) is 0 Å². The van der Waals surface area contributed by atoms with Gasteiger partial charge in [-0.15, -0.1) is 0 Å². The van der Waals surface area contributed by atoms with Crippen molar-refractivity contribution in [2.45, 2.75) is 32.0 Å². The summed E-state index contributed by atoms with van der Waals surface area (Å²) in [6, 6.07) is -1.89. The van der Waals surface area contributed by atoms with Crippen LogP contribution < -0.4 is 16.0 Å². The van der Waals surface area contributed by atoms with E-state index in [0.29, 0.717) is 18.1 Å². The van der Waals surface area contributed by atoms with E-state index >= 15 is 0 Å². The maximum Gasteiger partial charge on any atom is 0.327 e. The number of hydrogen-bond acceptors (Lipinski definition) is 9. The van der Waals surface area contributed by atoms with Gasteiger partial charge in [-0.2, -0.15) is 37.9 Å². The van der Waals surface area contributed by atoms with Crippen molar-refractivity contribution < 1.29 is 34.5 Å². The van der Waals surface area contributed by atoms with Crippen molar-refractivity contribution in [3.8, 4) is 0 Å². The number of carbonyl (C=O) groups excluding carboxylic acids is 1. The minimum absolute atomic E-state index is 0.106. The zero-order valence-electron chi connectivity index (χ0n) is 15.4. The van der Waals surface area contributed by atoms with Crippen molar-refractivity contribution in [1.82, 2.24) is 16.0 Å². The Hall–Kier alpha value is -1.15. The third-order valence-corrected chi connectivity index (χ3v) is 3.71. The lowest BCUT2D eigenvalue weighted by molar-refractivity contribution is -0.141. The molecule has 13 heteroatoms. The lowest BCUT2D eigenvalue weighted by atomic mass is 10.3. The first-order chi connectivity index (χ1) is 12.5. The Labute approximate surface area is 175 Å². The highest BCUT2D eigenvalue weighted by molar-refractivity contribution is 7.80. The molecule has 27 heavy (non-hydrogen) atoms. The van der Waals surface area contributed by atoms with Crippen LogP contribution in [0.1, 0.15) is 13.8 Å². The van der Waals surface area contributed by atoms with Crippen LogP contribution in [-0.4, -0.2) is 88.1 Å². The van der Waals surface area contributed by atoms with Gasteiger partial charge >= 0.3 is 17.9 Å². The molecule has 0 spiro atoms. The number of carbonyl (C=O) groups is 4. The van der Waals surface area contributed by atoms with E-state index in [4.69, 9.17) is 15.3 Å². The summed E-state index contributed by atoms with van der Waals surface area (Å²) >= 11 is 11.4. The maximum absolute atomic E-state index is 10.3. The second-order valence-corrected chi connectivity index (χ2v) is 5.86. The molecule has 0 aliphatic rings. The van der Waals surface area contributed by atoms with Gasteiger partial charge in [0.2, 0.25) is 5.91 Å². The highest BCUT2D eigenvalue weighted by Gasteiger charge is 2.15. The fourth-order valence-electron chi connectivity index (χ4n) is 1.20. The number of hydrogen-bond donors (Lipinski definition) is 9. The number of carboxylic acids is 3. The molecule has 0 saturated carbocycles. The average Bonchev–Trinajstić information content (AvgIpc) is 2.58. The summed E-state index contributed by atoms with van der Waals surface area (Å²) in [7, 11) is 1.59. The van der Waals surface area contributed by atoms with Crippen LogP contribution in [0.5, 0.6) is 0 Å². The van der Waals surface area contributed by atoms with Crippen molar-refractivity contribution in [3.05, 3.63) is 0 Å². The Morgan fingerprint density at radius 1 is 0.815 bits per heavy atom. The fourth-order valence-corrected chi connectivity index (χ4v) is 2.07. The first-order valence-corrected chi connectivity index (χ1v) is 9.60. The monoisotopic (exact) mass is 447 g/mol. The van der Waals surface area contributed by atoms with Crippen LogP contribution >= 0.6 is 37.9 Å². The fraction of sp³-hybridized carbons (Fsp3) is 0.714. The average molecular weight is 448 g/mol. The van der Waals surface area contributed by atoms with Crippen molar-refractivity contribution in [2.75, 3.05) is 30.9 Å². The molecule has 0 aromatic rings. The van der Waals surface area contributed by atoms with Gasteiger partial charge in [-0.3, -0.25) is 14.4 Å². The molecule has 0 bridgehead atoms. The summed E-state index contributed by atoms with van der Waals surface area (Å²) in [4.78, 5) is 40.8. The SMILES string of the molecule is CC(=O)NC(CS)C(=O)O.CCNC(CS)C(=O)O.CNC(CS)C(=O)O. The Kier molecular flexibility index (Phi) is 22.2. The van der Waals surface area contributed by atoms with E-state index < -0.39 is 36.0 Å². The predicted octanol–water partition coefficient (Wildman–Crippen LogP) is -0.927. The molecule has 0 heterocycles. The zero-order chi connectivity index (χ0) is 22.0. The van der Waals surface area contributed by atoms with Crippen molar-refractivity contribution in [3.63, 3.8) is 0 Å². The molecule has 0 aliphatic heterocycles. The molecule has 0 saturated heterocycles. The summed E-state index contributed by atoms with van der Waals surface area (Å²) in [5, 5.41) is 32.6.